The third-order valence-electron chi connectivity index (χ3n) is 6.78. The topological polar surface area (TPSA) is 73.8 Å². The quantitative estimate of drug-likeness (QED) is 0.396. The number of hydrogen-bond acceptors (Lipinski definition) is 7. The van der Waals surface area contributed by atoms with Gasteiger partial charge in [0, 0.05) is 26.2 Å². The Morgan fingerprint density at radius 3 is 2.54 bits per heavy atom. The van der Waals surface area contributed by atoms with Crippen molar-refractivity contribution < 1.29 is 13.2 Å². The van der Waals surface area contributed by atoms with Crippen LogP contribution in [0.25, 0.3) is 10.2 Å². The molecule has 190 valence electrons. The Labute approximate surface area is 216 Å². The van der Waals surface area contributed by atoms with Gasteiger partial charge in [0.25, 0.3) is 10.0 Å². The third kappa shape index (κ3) is 5.46. The average molecular weight is 535 g/mol. The molecule has 1 amide bonds. The summed E-state index contributed by atoms with van der Waals surface area (Å²) in [6.07, 6.45) is 1.35. The highest BCUT2D eigenvalue weighted by atomic mass is 32.2. The third-order valence-corrected chi connectivity index (χ3v) is 11.2. The number of hydrogen-bond donors (Lipinski definition) is 0. The van der Waals surface area contributed by atoms with E-state index in [0.29, 0.717) is 35.3 Å². The number of carbonyl (C=O) groups excluding carboxylic acids is 1. The SMILES string of the molecule is CCN(CC)CCN(C(=O)C1CCCN(S(=O)(=O)c2cccs2)C1)c1nc2c(C)ccc(C)c2s1. The number of benzene rings is 1. The van der Waals surface area contributed by atoms with E-state index in [1.807, 2.05) is 11.8 Å². The van der Waals surface area contributed by atoms with E-state index in [9.17, 15) is 13.2 Å². The predicted octanol–water partition coefficient (Wildman–Crippen LogP) is 4.75. The Hall–Kier alpha value is -1.85. The van der Waals surface area contributed by atoms with Gasteiger partial charge in [-0.15, -0.1) is 11.3 Å². The number of fused-ring (bicyclic) bond motifs is 1. The van der Waals surface area contributed by atoms with Gasteiger partial charge < -0.3 is 4.90 Å². The number of piperidine rings is 1. The molecule has 0 bridgehead atoms. The minimum absolute atomic E-state index is 0.0300. The Kier molecular flexibility index (Phi) is 8.27. The number of anilines is 1. The van der Waals surface area contributed by atoms with Gasteiger partial charge >= 0.3 is 0 Å². The zero-order valence-electron chi connectivity index (χ0n) is 20.9. The van der Waals surface area contributed by atoms with E-state index in [1.54, 1.807) is 28.8 Å². The lowest BCUT2D eigenvalue weighted by Gasteiger charge is -2.34. The fraction of sp³-hybridized carbons (Fsp3) is 0.520. The van der Waals surface area contributed by atoms with Crippen LogP contribution in [0.3, 0.4) is 0 Å². The van der Waals surface area contributed by atoms with Crippen LogP contribution in [0.1, 0.15) is 37.8 Å². The molecule has 3 heterocycles. The van der Waals surface area contributed by atoms with Crippen molar-refractivity contribution in [2.24, 2.45) is 5.92 Å². The molecule has 3 aromatic rings. The molecular formula is C25H34N4O3S3. The summed E-state index contributed by atoms with van der Waals surface area (Å²) in [5, 5.41) is 2.47. The number of carbonyl (C=O) groups is 1. The van der Waals surface area contributed by atoms with Crippen molar-refractivity contribution in [2.75, 3.05) is 44.2 Å². The largest absolute Gasteiger partial charge is 0.302 e. The molecule has 1 unspecified atom stereocenters. The number of thiazole rings is 1. The average Bonchev–Trinajstić information content (AvgIpc) is 3.56. The number of amides is 1. The number of nitrogens with zero attached hydrogens (tertiary/aromatic N) is 4. The van der Waals surface area contributed by atoms with E-state index in [0.717, 1.165) is 41.0 Å². The second-order valence-corrected chi connectivity index (χ2v) is 13.1. The lowest BCUT2D eigenvalue weighted by Crippen LogP contribution is -2.48. The second kappa shape index (κ2) is 11.0. The molecule has 1 saturated heterocycles. The number of rotatable bonds is 9. The maximum atomic E-state index is 13.9. The van der Waals surface area contributed by atoms with E-state index in [2.05, 4.69) is 37.8 Å². The van der Waals surface area contributed by atoms with Crippen LogP contribution in [0.15, 0.2) is 33.9 Å². The number of likely N-dealkylation sites (N-methyl/N-ethyl adjacent to an activating group) is 1. The first-order chi connectivity index (χ1) is 16.8. The first kappa shape index (κ1) is 26.2. The number of aryl methyl sites for hydroxylation is 2. The van der Waals surface area contributed by atoms with Gasteiger partial charge in [0.1, 0.15) is 4.21 Å². The lowest BCUT2D eigenvalue weighted by molar-refractivity contribution is -0.123. The Balaban J connectivity index is 1.63. The molecule has 0 saturated carbocycles. The van der Waals surface area contributed by atoms with Gasteiger partial charge in [0.05, 0.1) is 16.1 Å². The number of aromatic nitrogens is 1. The summed E-state index contributed by atoms with van der Waals surface area (Å²) >= 11 is 2.77. The summed E-state index contributed by atoms with van der Waals surface area (Å²) in [6.45, 7) is 12.1. The lowest BCUT2D eigenvalue weighted by atomic mass is 9.98. The highest BCUT2D eigenvalue weighted by molar-refractivity contribution is 7.91. The maximum Gasteiger partial charge on any atom is 0.252 e. The Morgan fingerprint density at radius 1 is 1.14 bits per heavy atom. The monoisotopic (exact) mass is 534 g/mol. The molecule has 7 nitrogen and oxygen atoms in total. The molecule has 1 aliphatic heterocycles. The van der Waals surface area contributed by atoms with Crippen molar-refractivity contribution in [1.82, 2.24) is 14.2 Å². The molecule has 4 rings (SSSR count). The van der Waals surface area contributed by atoms with Crippen LogP contribution in [0.4, 0.5) is 5.13 Å². The zero-order valence-corrected chi connectivity index (χ0v) is 23.3. The van der Waals surface area contributed by atoms with Crippen molar-refractivity contribution >= 4 is 54.0 Å². The van der Waals surface area contributed by atoms with Gasteiger partial charge in [-0.2, -0.15) is 4.31 Å². The molecule has 10 heteroatoms. The van der Waals surface area contributed by atoms with Gasteiger partial charge in [-0.1, -0.05) is 43.4 Å². The van der Waals surface area contributed by atoms with Crippen molar-refractivity contribution in [3.8, 4) is 0 Å². The summed E-state index contributed by atoms with van der Waals surface area (Å²) in [7, 11) is -3.58. The molecule has 1 atom stereocenters. The normalized spacial score (nSPS) is 17.3. The molecule has 35 heavy (non-hydrogen) atoms. The van der Waals surface area contributed by atoms with E-state index in [4.69, 9.17) is 4.98 Å². The van der Waals surface area contributed by atoms with Crippen molar-refractivity contribution in [1.29, 1.82) is 0 Å². The molecule has 0 radical (unpaired) electrons. The zero-order chi connectivity index (χ0) is 25.2. The van der Waals surface area contributed by atoms with Gasteiger partial charge in [-0.3, -0.25) is 9.69 Å². The first-order valence-electron chi connectivity index (χ1n) is 12.2. The van der Waals surface area contributed by atoms with Crippen molar-refractivity contribution in [2.45, 2.75) is 44.7 Å². The first-order valence-corrected chi connectivity index (χ1v) is 15.3. The van der Waals surface area contributed by atoms with E-state index in [1.165, 1.54) is 15.6 Å². The standard InChI is InChI=1S/C25H34N4O3S3/c1-5-27(6-2)14-15-29(25-26-22-18(3)11-12-19(4)23(22)34-25)24(30)20-9-7-13-28(17-20)35(31,32)21-10-8-16-33-21/h8,10-12,16,20H,5-7,9,13-15,17H2,1-4H3. The summed E-state index contributed by atoms with van der Waals surface area (Å²) in [5.74, 6) is -0.415. The minimum Gasteiger partial charge on any atom is -0.302 e. The fourth-order valence-corrected chi connectivity index (χ4v) is 8.38. The summed E-state index contributed by atoms with van der Waals surface area (Å²) in [6, 6.07) is 7.54. The molecule has 2 aromatic heterocycles. The van der Waals surface area contributed by atoms with Crippen LogP contribution in [0.2, 0.25) is 0 Å². The van der Waals surface area contributed by atoms with Gasteiger partial charge in [0.15, 0.2) is 5.13 Å². The van der Waals surface area contributed by atoms with Crippen molar-refractivity contribution in [3.05, 3.63) is 40.8 Å². The fourth-order valence-electron chi connectivity index (χ4n) is 4.56. The predicted molar refractivity (Wildman–Crippen MR) is 145 cm³/mol. The molecule has 0 spiro atoms. The van der Waals surface area contributed by atoms with Crippen LogP contribution in [0.5, 0.6) is 0 Å². The van der Waals surface area contributed by atoms with Crippen LogP contribution >= 0.6 is 22.7 Å². The highest BCUT2D eigenvalue weighted by Gasteiger charge is 2.36. The summed E-state index contributed by atoms with van der Waals surface area (Å²) in [5.41, 5.74) is 3.18. The molecular weight excluding hydrogens is 501 g/mol. The van der Waals surface area contributed by atoms with Crippen LogP contribution in [-0.4, -0.2) is 67.8 Å². The number of thiophene rings is 1. The molecule has 0 N–H and O–H groups in total. The maximum absolute atomic E-state index is 13.9. The second-order valence-electron chi connectivity index (χ2n) is 9.02. The van der Waals surface area contributed by atoms with Crippen LogP contribution in [0, 0.1) is 19.8 Å². The molecule has 1 aromatic carbocycles. The Bertz CT molecular complexity index is 1230. The smallest absolute Gasteiger partial charge is 0.252 e. The van der Waals surface area contributed by atoms with Gasteiger partial charge in [0.2, 0.25) is 5.91 Å². The van der Waals surface area contributed by atoms with E-state index < -0.39 is 10.0 Å². The van der Waals surface area contributed by atoms with Gasteiger partial charge in [-0.05, 0) is 62.4 Å². The van der Waals surface area contributed by atoms with Crippen LogP contribution in [-0.2, 0) is 14.8 Å². The molecule has 1 aliphatic rings. The summed E-state index contributed by atoms with van der Waals surface area (Å²) in [4.78, 5) is 23.0. The molecule has 0 aliphatic carbocycles. The Morgan fingerprint density at radius 2 is 1.89 bits per heavy atom. The number of sulfonamides is 1. The van der Waals surface area contributed by atoms with Crippen LogP contribution < -0.4 is 4.90 Å². The van der Waals surface area contributed by atoms with E-state index >= 15 is 0 Å². The minimum atomic E-state index is -3.58. The molecule has 1 fully saturated rings. The van der Waals surface area contributed by atoms with E-state index in [-0.39, 0.29) is 18.4 Å². The summed E-state index contributed by atoms with van der Waals surface area (Å²) < 4.78 is 29.2. The van der Waals surface area contributed by atoms with Gasteiger partial charge in [-0.25, -0.2) is 13.4 Å². The highest BCUT2D eigenvalue weighted by Crippen LogP contribution is 2.35. The van der Waals surface area contributed by atoms with Crippen molar-refractivity contribution in [3.63, 3.8) is 0 Å².